The Hall–Kier alpha value is -4.17. The van der Waals surface area contributed by atoms with Gasteiger partial charge in [0, 0.05) is 5.56 Å². The lowest BCUT2D eigenvalue weighted by Crippen LogP contribution is -2.19. The summed E-state index contributed by atoms with van der Waals surface area (Å²) in [6.45, 7) is 0.349. The second-order valence-corrected chi connectivity index (χ2v) is 8.18. The Kier molecular flexibility index (Phi) is 6.84. The van der Waals surface area contributed by atoms with Gasteiger partial charge in [0.25, 0.3) is 5.91 Å². The summed E-state index contributed by atoms with van der Waals surface area (Å²) in [4.78, 5) is 17.0. The van der Waals surface area contributed by atoms with Gasteiger partial charge in [-0.2, -0.15) is 18.4 Å². The quantitative estimate of drug-likeness (QED) is 0.435. The average molecular weight is 499 g/mol. The molecule has 1 aromatic heterocycles. The number of amidine groups is 1. The van der Waals surface area contributed by atoms with Gasteiger partial charge in [0.05, 0.1) is 48.3 Å². The molecule has 7 nitrogen and oxygen atoms in total. The molecule has 0 atom stereocenters. The molecule has 2 aromatic carbocycles. The largest absolute Gasteiger partial charge is 0.493 e. The summed E-state index contributed by atoms with van der Waals surface area (Å²) in [5, 5.41) is 12.0. The Balaban J connectivity index is 1.56. The molecular weight excluding hydrogens is 483 g/mol. The minimum atomic E-state index is -4.72. The van der Waals surface area contributed by atoms with Crippen LogP contribution < -0.4 is 14.8 Å². The van der Waals surface area contributed by atoms with Crippen LogP contribution in [0.25, 0.3) is 6.08 Å². The first-order valence-corrected chi connectivity index (χ1v) is 10.8. The Morgan fingerprint density at radius 3 is 2.66 bits per heavy atom. The number of aliphatic imine (C=N–C) groups is 1. The third-order valence-electron chi connectivity index (χ3n) is 4.76. The fourth-order valence-electron chi connectivity index (χ4n) is 3.09. The molecule has 11 heteroatoms. The number of nitrogens with one attached hydrogen (secondary N) is 1. The molecule has 4 rings (SSSR count). The van der Waals surface area contributed by atoms with Gasteiger partial charge in [-0.15, -0.1) is 0 Å². The number of carbonyl (C=O) groups is 1. The van der Waals surface area contributed by atoms with Gasteiger partial charge in [0.1, 0.15) is 5.75 Å². The van der Waals surface area contributed by atoms with Crippen LogP contribution in [0.3, 0.4) is 0 Å². The molecule has 0 radical (unpaired) electrons. The Morgan fingerprint density at radius 2 is 1.97 bits per heavy atom. The van der Waals surface area contributed by atoms with Crippen molar-refractivity contribution < 1.29 is 31.9 Å². The number of ether oxygens (including phenoxy) is 2. The number of carbonyl (C=O) groups excluding carboxylic acids is 1. The monoisotopic (exact) mass is 499 g/mol. The van der Waals surface area contributed by atoms with Gasteiger partial charge < -0.3 is 19.2 Å². The number of hydrogen-bond donors (Lipinski definition) is 1. The van der Waals surface area contributed by atoms with E-state index in [1.165, 1.54) is 31.6 Å². The van der Waals surface area contributed by atoms with E-state index in [9.17, 15) is 18.0 Å². The number of alkyl halides is 3. The van der Waals surface area contributed by atoms with Crippen molar-refractivity contribution in [2.45, 2.75) is 12.7 Å². The summed E-state index contributed by atoms with van der Waals surface area (Å²) in [6, 6.07) is 11.1. The van der Waals surface area contributed by atoms with Crippen LogP contribution in [0.15, 0.2) is 69.3 Å². The van der Waals surface area contributed by atoms with Crippen molar-refractivity contribution in [3.05, 3.63) is 82.1 Å². The van der Waals surface area contributed by atoms with Crippen molar-refractivity contribution in [1.29, 1.82) is 5.26 Å². The number of nitriles is 1. The minimum absolute atomic E-state index is 0.0377. The Bertz CT molecular complexity index is 1360. The third-order valence-corrected chi connectivity index (χ3v) is 5.70. The van der Waals surface area contributed by atoms with Gasteiger partial charge in [-0.3, -0.25) is 9.79 Å². The topological polar surface area (TPSA) is 96.8 Å². The van der Waals surface area contributed by atoms with E-state index in [4.69, 9.17) is 19.2 Å². The highest BCUT2D eigenvalue weighted by Crippen LogP contribution is 2.41. The summed E-state index contributed by atoms with van der Waals surface area (Å²) in [7, 11) is 1.35. The first-order chi connectivity index (χ1) is 16.8. The minimum Gasteiger partial charge on any atom is -0.493 e. The van der Waals surface area contributed by atoms with Gasteiger partial charge in [-0.1, -0.05) is 6.07 Å². The second kappa shape index (κ2) is 9.99. The molecule has 1 amide bonds. The smallest absolute Gasteiger partial charge is 0.420 e. The number of benzene rings is 2. The molecule has 2 heterocycles. The molecule has 1 aliphatic rings. The molecule has 3 aromatic rings. The first-order valence-electron chi connectivity index (χ1n) is 10.0. The van der Waals surface area contributed by atoms with E-state index in [-0.39, 0.29) is 23.0 Å². The lowest BCUT2D eigenvalue weighted by Gasteiger charge is -2.16. The molecule has 1 fully saturated rings. The number of nitrogens with zero attached hydrogens (tertiary/aromatic N) is 2. The van der Waals surface area contributed by atoms with Crippen molar-refractivity contribution in [2.75, 3.05) is 7.11 Å². The molecule has 1 N–H and O–H groups in total. The number of halogens is 3. The zero-order chi connectivity index (χ0) is 25.0. The predicted octanol–water partition coefficient (Wildman–Crippen LogP) is 5.73. The molecule has 0 spiro atoms. The molecule has 0 unspecified atom stereocenters. The van der Waals surface area contributed by atoms with E-state index >= 15 is 0 Å². The molecule has 0 saturated carbocycles. The molecule has 0 bridgehead atoms. The normalized spacial score (nSPS) is 15.8. The molecule has 1 saturated heterocycles. The maximum absolute atomic E-state index is 13.5. The summed E-state index contributed by atoms with van der Waals surface area (Å²) < 4.78 is 56.2. The summed E-state index contributed by atoms with van der Waals surface area (Å²) >= 11 is 1.16. The SMILES string of the molecule is COc1cc(C=C2SC(=NCc3ccoc3)NC2=O)ccc1Oc1ccc(C#N)cc1C(F)(F)F. The van der Waals surface area contributed by atoms with Gasteiger partial charge in [-0.25, -0.2) is 0 Å². The van der Waals surface area contributed by atoms with Crippen LogP contribution in [0.2, 0.25) is 0 Å². The number of amides is 1. The average Bonchev–Trinajstić information content (AvgIpc) is 3.48. The fourth-order valence-corrected chi connectivity index (χ4v) is 3.91. The van der Waals surface area contributed by atoms with E-state index < -0.39 is 17.5 Å². The van der Waals surface area contributed by atoms with E-state index in [2.05, 4.69) is 10.3 Å². The first kappa shape index (κ1) is 24.0. The standard InChI is InChI=1S/C24H16F3N3O4S/c1-32-20-9-14(10-21-22(31)30-23(35-21)29-12-16-6-7-33-13-16)2-5-19(20)34-18-4-3-15(11-28)8-17(18)24(25,26)27/h2-10,13H,12H2,1H3,(H,29,30,31). The zero-order valence-corrected chi connectivity index (χ0v) is 18.9. The van der Waals surface area contributed by atoms with Crippen LogP contribution >= 0.6 is 11.8 Å². The molecule has 178 valence electrons. The predicted molar refractivity (Wildman–Crippen MR) is 123 cm³/mol. The van der Waals surface area contributed by atoms with Crippen molar-refractivity contribution in [3.8, 4) is 23.3 Å². The third kappa shape index (κ3) is 5.67. The van der Waals surface area contributed by atoms with Gasteiger partial charge in [0.2, 0.25) is 0 Å². The summed E-state index contributed by atoms with van der Waals surface area (Å²) in [6.07, 6.45) is -0.0137. The highest BCUT2D eigenvalue weighted by Gasteiger charge is 2.35. The molecule has 1 aliphatic heterocycles. The van der Waals surface area contributed by atoms with Crippen LogP contribution in [0.4, 0.5) is 13.2 Å². The lowest BCUT2D eigenvalue weighted by molar-refractivity contribution is -0.138. The highest BCUT2D eigenvalue weighted by atomic mass is 32.2. The van der Waals surface area contributed by atoms with E-state index in [1.807, 2.05) is 0 Å². The van der Waals surface area contributed by atoms with Crippen molar-refractivity contribution >= 4 is 28.9 Å². The van der Waals surface area contributed by atoms with Crippen molar-refractivity contribution in [1.82, 2.24) is 5.32 Å². The second-order valence-electron chi connectivity index (χ2n) is 7.15. The Morgan fingerprint density at radius 1 is 1.17 bits per heavy atom. The number of rotatable bonds is 6. The van der Waals surface area contributed by atoms with Crippen LogP contribution in [0, 0.1) is 11.3 Å². The van der Waals surface area contributed by atoms with Crippen LogP contribution in [0.5, 0.6) is 17.2 Å². The highest BCUT2D eigenvalue weighted by molar-refractivity contribution is 8.18. The van der Waals surface area contributed by atoms with Gasteiger partial charge in [-0.05, 0) is 59.8 Å². The molecular formula is C24H16F3N3O4S. The van der Waals surface area contributed by atoms with Gasteiger partial charge >= 0.3 is 6.18 Å². The maximum atomic E-state index is 13.5. The van der Waals surface area contributed by atoms with Gasteiger partial charge in [0.15, 0.2) is 16.7 Å². The van der Waals surface area contributed by atoms with Crippen molar-refractivity contribution in [3.63, 3.8) is 0 Å². The Labute approximate surface area is 201 Å². The van der Waals surface area contributed by atoms with Crippen LogP contribution in [-0.2, 0) is 17.5 Å². The summed E-state index contributed by atoms with van der Waals surface area (Å²) in [5.41, 5.74) is 0.213. The molecule has 35 heavy (non-hydrogen) atoms. The van der Waals surface area contributed by atoms with Crippen LogP contribution in [-0.4, -0.2) is 18.2 Å². The lowest BCUT2D eigenvalue weighted by atomic mass is 10.1. The number of thioether (sulfide) groups is 1. The molecule has 0 aliphatic carbocycles. The number of furan rings is 1. The number of hydrogen-bond acceptors (Lipinski definition) is 7. The number of methoxy groups -OCH3 is 1. The van der Waals surface area contributed by atoms with Crippen molar-refractivity contribution in [2.24, 2.45) is 4.99 Å². The van der Waals surface area contributed by atoms with Crippen LogP contribution in [0.1, 0.15) is 22.3 Å². The van der Waals surface area contributed by atoms with E-state index in [1.54, 1.807) is 30.5 Å². The maximum Gasteiger partial charge on any atom is 0.420 e. The summed E-state index contributed by atoms with van der Waals surface area (Å²) in [5.74, 6) is -0.595. The van der Waals surface area contributed by atoms with E-state index in [0.29, 0.717) is 22.2 Å². The van der Waals surface area contributed by atoms with E-state index in [0.717, 1.165) is 29.5 Å². The zero-order valence-electron chi connectivity index (χ0n) is 18.1. The fraction of sp³-hybridized carbons (Fsp3) is 0.125.